The molecule has 6 nitrogen and oxygen atoms in total. The summed E-state index contributed by atoms with van der Waals surface area (Å²) >= 11 is 0. The van der Waals surface area contributed by atoms with Crippen molar-refractivity contribution in [3.8, 4) is 0 Å². The van der Waals surface area contributed by atoms with E-state index in [1.807, 2.05) is 4.90 Å². The van der Waals surface area contributed by atoms with Crippen molar-refractivity contribution in [2.24, 2.45) is 0 Å². The summed E-state index contributed by atoms with van der Waals surface area (Å²) in [6.07, 6.45) is 2.25. The lowest BCUT2D eigenvalue weighted by Gasteiger charge is -2.17. The van der Waals surface area contributed by atoms with Crippen LogP contribution in [0.2, 0.25) is 0 Å². The lowest BCUT2D eigenvalue weighted by molar-refractivity contribution is -0.129. The van der Waals surface area contributed by atoms with Crippen LogP contribution in [0.4, 0.5) is 4.79 Å². The highest BCUT2D eigenvalue weighted by atomic mass is 16.2. The number of urea groups is 1. The molecule has 3 amide bonds. The second kappa shape index (κ2) is 5.86. The first kappa shape index (κ1) is 12.2. The lowest BCUT2D eigenvalue weighted by atomic mass is 10.4. The normalized spacial score (nSPS) is 19.9. The summed E-state index contributed by atoms with van der Waals surface area (Å²) in [5.74, 6) is 0.174. The number of hydrogen-bond donors (Lipinski definition) is 2. The van der Waals surface area contributed by atoms with Gasteiger partial charge in [-0.05, 0) is 12.8 Å². The molecule has 96 valence electrons. The highest BCUT2D eigenvalue weighted by Gasteiger charge is 2.19. The standard InChI is InChI=1S/C11H20N4O2/c16-10(14-5-1-2-6-14)9-12-3-7-15-8-4-13-11(15)17/h12H,1-9H2,(H,13,17). The molecule has 2 rings (SSSR count). The molecule has 2 aliphatic heterocycles. The number of carbonyl (C=O) groups excluding carboxylic acids is 2. The van der Waals surface area contributed by atoms with Gasteiger partial charge in [0, 0.05) is 39.3 Å². The fourth-order valence-corrected chi connectivity index (χ4v) is 2.21. The van der Waals surface area contributed by atoms with Crippen molar-refractivity contribution in [1.82, 2.24) is 20.4 Å². The fourth-order valence-electron chi connectivity index (χ4n) is 2.21. The zero-order valence-corrected chi connectivity index (χ0v) is 10.1. The molecule has 0 unspecified atom stereocenters. The molecular formula is C11H20N4O2. The summed E-state index contributed by atoms with van der Waals surface area (Å²) in [7, 11) is 0. The third-order valence-electron chi connectivity index (χ3n) is 3.24. The zero-order chi connectivity index (χ0) is 12.1. The lowest BCUT2D eigenvalue weighted by Crippen LogP contribution is -2.40. The van der Waals surface area contributed by atoms with E-state index in [0.717, 1.165) is 39.0 Å². The van der Waals surface area contributed by atoms with E-state index in [0.29, 0.717) is 19.6 Å². The molecule has 0 aliphatic carbocycles. The van der Waals surface area contributed by atoms with Crippen molar-refractivity contribution in [2.75, 3.05) is 45.8 Å². The molecule has 17 heavy (non-hydrogen) atoms. The summed E-state index contributed by atoms with van der Waals surface area (Å²) in [6, 6.07) is -0.00216. The minimum absolute atomic E-state index is 0.00216. The molecule has 0 aromatic rings. The number of hydrogen-bond acceptors (Lipinski definition) is 3. The monoisotopic (exact) mass is 240 g/mol. The molecule has 2 saturated heterocycles. The van der Waals surface area contributed by atoms with Crippen LogP contribution in [0.15, 0.2) is 0 Å². The number of amides is 3. The van der Waals surface area contributed by atoms with E-state index < -0.39 is 0 Å². The minimum Gasteiger partial charge on any atom is -0.342 e. The van der Waals surface area contributed by atoms with E-state index in [1.165, 1.54) is 0 Å². The highest BCUT2D eigenvalue weighted by Crippen LogP contribution is 2.06. The smallest absolute Gasteiger partial charge is 0.317 e. The molecule has 2 aliphatic rings. The van der Waals surface area contributed by atoms with Crippen LogP contribution in [0.1, 0.15) is 12.8 Å². The van der Waals surface area contributed by atoms with Crippen molar-refractivity contribution in [3.63, 3.8) is 0 Å². The Bertz CT molecular complexity index is 289. The van der Waals surface area contributed by atoms with Gasteiger partial charge in [0.15, 0.2) is 0 Å². The van der Waals surface area contributed by atoms with Crippen molar-refractivity contribution < 1.29 is 9.59 Å². The summed E-state index contributed by atoms with van der Waals surface area (Å²) in [6.45, 7) is 5.01. The SMILES string of the molecule is O=C(CNCCN1CCNC1=O)N1CCCC1. The van der Waals surface area contributed by atoms with Gasteiger partial charge in [-0.2, -0.15) is 0 Å². The Morgan fingerprint density at radius 2 is 2.06 bits per heavy atom. The van der Waals surface area contributed by atoms with Crippen LogP contribution < -0.4 is 10.6 Å². The van der Waals surface area contributed by atoms with Gasteiger partial charge in [-0.1, -0.05) is 0 Å². The van der Waals surface area contributed by atoms with Crippen molar-refractivity contribution >= 4 is 11.9 Å². The van der Waals surface area contributed by atoms with Gasteiger partial charge >= 0.3 is 6.03 Å². The van der Waals surface area contributed by atoms with E-state index in [9.17, 15) is 9.59 Å². The van der Waals surface area contributed by atoms with Gasteiger partial charge < -0.3 is 20.4 Å². The third kappa shape index (κ3) is 3.33. The average Bonchev–Trinajstić information content (AvgIpc) is 2.96. The molecule has 0 saturated carbocycles. The molecule has 2 N–H and O–H groups in total. The van der Waals surface area contributed by atoms with Gasteiger partial charge in [-0.3, -0.25) is 4.79 Å². The molecule has 2 heterocycles. The molecule has 0 atom stereocenters. The summed E-state index contributed by atoms with van der Waals surface area (Å²) in [5.41, 5.74) is 0. The zero-order valence-electron chi connectivity index (χ0n) is 10.1. The van der Waals surface area contributed by atoms with Crippen LogP contribution in [0.5, 0.6) is 0 Å². The predicted octanol–water partition coefficient (Wildman–Crippen LogP) is -0.776. The molecule has 2 fully saturated rings. The summed E-state index contributed by atoms with van der Waals surface area (Å²) in [4.78, 5) is 26.6. The van der Waals surface area contributed by atoms with Gasteiger partial charge in [-0.25, -0.2) is 4.79 Å². The average molecular weight is 240 g/mol. The summed E-state index contributed by atoms with van der Waals surface area (Å²) < 4.78 is 0. The Morgan fingerprint density at radius 1 is 1.29 bits per heavy atom. The highest BCUT2D eigenvalue weighted by molar-refractivity contribution is 5.78. The van der Waals surface area contributed by atoms with E-state index in [2.05, 4.69) is 10.6 Å². The number of nitrogens with zero attached hydrogens (tertiary/aromatic N) is 2. The van der Waals surface area contributed by atoms with Crippen molar-refractivity contribution in [2.45, 2.75) is 12.8 Å². The molecular weight excluding hydrogens is 220 g/mol. The fraction of sp³-hybridized carbons (Fsp3) is 0.818. The van der Waals surface area contributed by atoms with Gasteiger partial charge in [0.25, 0.3) is 0 Å². The van der Waals surface area contributed by atoms with Crippen LogP contribution in [0.25, 0.3) is 0 Å². The molecule has 0 aromatic carbocycles. The van der Waals surface area contributed by atoms with Crippen LogP contribution in [0, 0.1) is 0 Å². The van der Waals surface area contributed by atoms with Gasteiger partial charge in [0.05, 0.1) is 6.54 Å². The summed E-state index contributed by atoms with van der Waals surface area (Å²) in [5, 5.41) is 5.84. The van der Waals surface area contributed by atoms with E-state index in [4.69, 9.17) is 0 Å². The van der Waals surface area contributed by atoms with Crippen LogP contribution >= 0.6 is 0 Å². The van der Waals surface area contributed by atoms with Crippen LogP contribution in [-0.4, -0.2) is 67.6 Å². The van der Waals surface area contributed by atoms with E-state index >= 15 is 0 Å². The number of rotatable bonds is 5. The van der Waals surface area contributed by atoms with Gasteiger partial charge in [-0.15, -0.1) is 0 Å². The van der Waals surface area contributed by atoms with Crippen LogP contribution in [-0.2, 0) is 4.79 Å². The number of likely N-dealkylation sites (tertiary alicyclic amines) is 1. The van der Waals surface area contributed by atoms with Crippen molar-refractivity contribution in [3.05, 3.63) is 0 Å². The maximum Gasteiger partial charge on any atom is 0.317 e. The topological polar surface area (TPSA) is 64.7 Å². The third-order valence-corrected chi connectivity index (χ3v) is 3.24. The molecule has 0 aromatic heterocycles. The Labute approximate surface area is 101 Å². The molecule has 0 radical (unpaired) electrons. The second-order valence-corrected chi connectivity index (χ2v) is 4.48. The van der Waals surface area contributed by atoms with Gasteiger partial charge in [0.2, 0.25) is 5.91 Å². The Kier molecular flexibility index (Phi) is 4.19. The van der Waals surface area contributed by atoms with Crippen molar-refractivity contribution in [1.29, 1.82) is 0 Å². The molecule has 0 spiro atoms. The first-order valence-electron chi connectivity index (χ1n) is 6.28. The second-order valence-electron chi connectivity index (χ2n) is 4.48. The van der Waals surface area contributed by atoms with E-state index in [1.54, 1.807) is 4.90 Å². The number of nitrogens with one attached hydrogen (secondary N) is 2. The molecule has 6 heteroatoms. The minimum atomic E-state index is -0.00216. The maximum absolute atomic E-state index is 11.7. The quantitative estimate of drug-likeness (QED) is 0.620. The number of carbonyl (C=O) groups is 2. The first-order valence-corrected chi connectivity index (χ1v) is 6.28. The Balaban J connectivity index is 1.56. The van der Waals surface area contributed by atoms with E-state index in [-0.39, 0.29) is 11.9 Å². The van der Waals surface area contributed by atoms with Gasteiger partial charge in [0.1, 0.15) is 0 Å². The van der Waals surface area contributed by atoms with Crippen LogP contribution in [0.3, 0.4) is 0 Å². The Hall–Kier alpha value is -1.30. The predicted molar refractivity (Wildman–Crippen MR) is 63.7 cm³/mol. The maximum atomic E-state index is 11.7. The molecule has 0 bridgehead atoms. The largest absolute Gasteiger partial charge is 0.342 e. The Morgan fingerprint density at radius 3 is 2.71 bits per heavy atom. The first-order chi connectivity index (χ1) is 8.27.